The van der Waals surface area contributed by atoms with Crippen molar-refractivity contribution in [2.75, 3.05) is 18.5 Å². The molecule has 1 aliphatic rings. The Kier molecular flexibility index (Phi) is 3.60. The molecule has 132 valence electrons. The van der Waals surface area contributed by atoms with Gasteiger partial charge in [0.05, 0.1) is 23.6 Å². The molecule has 7 heteroatoms. The molecule has 26 heavy (non-hydrogen) atoms. The maximum atomic E-state index is 5.43. The second-order valence-corrected chi connectivity index (χ2v) is 6.70. The summed E-state index contributed by atoms with van der Waals surface area (Å²) in [5.41, 5.74) is 4.00. The van der Waals surface area contributed by atoms with Crippen molar-refractivity contribution >= 4 is 22.4 Å². The van der Waals surface area contributed by atoms with Gasteiger partial charge in [0.25, 0.3) is 0 Å². The van der Waals surface area contributed by atoms with Crippen LogP contribution in [0.2, 0.25) is 0 Å². The standard InChI is InChI=1S/C19H20N6O/c1-24-16-3-2-13(10-14(16)11-21-24)17-12-20-19-5-4-18(23-25(17)19)22-15-6-8-26-9-7-15/h2-5,10-12,15H,6-9H2,1H3,(H,22,23). The smallest absolute Gasteiger partial charge is 0.154 e. The van der Waals surface area contributed by atoms with Gasteiger partial charge in [0.2, 0.25) is 0 Å². The lowest BCUT2D eigenvalue weighted by atomic mass is 10.1. The average Bonchev–Trinajstić information content (AvgIpc) is 3.26. The van der Waals surface area contributed by atoms with Crippen molar-refractivity contribution < 1.29 is 4.74 Å². The van der Waals surface area contributed by atoms with Gasteiger partial charge in [-0.2, -0.15) is 5.10 Å². The lowest BCUT2D eigenvalue weighted by Gasteiger charge is -2.23. The maximum absolute atomic E-state index is 5.43. The van der Waals surface area contributed by atoms with Crippen LogP contribution in [0.25, 0.3) is 27.8 Å². The Morgan fingerprint density at radius 1 is 1.12 bits per heavy atom. The number of rotatable bonds is 3. The van der Waals surface area contributed by atoms with Gasteiger partial charge in [-0.1, -0.05) is 6.07 Å². The van der Waals surface area contributed by atoms with E-state index in [1.165, 1.54) is 0 Å². The molecule has 1 aliphatic heterocycles. The van der Waals surface area contributed by atoms with Crippen molar-refractivity contribution in [3.63, 3.8) is 0 Å². The fourth-order valence-electron chi connectivity index (χ4n) is 3.52. The highest BCUT2D eigenvalue weighted by Crippen LogP contribution is 2.25. The van der Waals surface area contributed by atoms with E-state index in [4.69, 9.17) is 9.84 Å². The molecule has 1 N–H and O–H groups in total. The highest BCUT2D eigenvalue weighted by molar-refractivity contribution is 5.84. The quantitative estimate of drug-likeness (QED) is 0.616. The minimum absolute atomic E-state index is 0.410. The molecule has 0 amide bonds. The first-order valence-corrected chi connectivity index (χ1v) is 8.89. The van der Waals surface area contributed by atoms with Crippen LogP contribution in [0.4, 0.5) is 5.82 Å². The van der Waals surface area contributed by atoms with E-state index in [9.17, 15) is 0 Å². The van der Waals surface area contributed by atoms with E-state index in [1.54, 1.807) is 0 Å². The van der Waals surface area contributed by atoms with Crippen molar-refractivity contribution in [2.24, 2.45) is 7.05 Å². The lowest BCUT2D eigenvalue weighted by molar-refractivity contribution is 0.0903. The molecule has 1 saturated heterocycles. The van der Waals surface area contributed by atoms with E-state index in [-0.39, 0.29) is 0 Å². The SMILES string of the molecule is Cn1ncc2cc(-c3cnc4ccc(NC5CCOCC5)nn34)ccc21. The zero-order chi connectivity index (χ0) is 17.5. The van der Waals surface area contributed by atoms with Crippen LogP contribution in [0.15, 0.2) is 42.7 Å². The number of fused-ring (bicyclic) bond motifs is 2. The van der Waals surface area contributed by atoms with Gasteiger partial charge < -0.3 is 10.1 Å². The number of nitrogens with zero attached hydrogens (tertiary/aromatic N) is 5. The predicted molar refractivity (Wildman–Crippen MR) is 100 cm³/mol. The normalized spacial score (nSPS) is 15.7. The van der Waals surface area contributed by atoms with Crippen LogP contribution >= 0.6 is 0 Å². The highest BCUT2D eigenvalue weighted by Gasteiger charge is 2.15. The van der Waals surface area contributed by atoms with Crippen molar-refractivity contribution in [2.45, 2.75) is 18.9 Å². The van der Waals surface area contributed by atoms with Crippen LogP contribution in [0.1, 0.15) is 12.8 Å². The summed E-state index contributed by atoms with van der Waals surface area (Å²) in [4.78, 5) is 4.50. The summed E-state index contributed by atoms with van der Waals surface area (Å²) in [5, 5.41) is 13.7. The minimum Gasteiger partial charge on any atom is -0.381 e. The molecule has 3 aromatic heterocycles. The Labute approximate surface area is 150 Å². The molecule has 7 nitrogen and oxygen atoms in total. The number of hydrogen-bond donors (Lipinski definition) is 1. The minimum atomic E-state index is 0.410. The number of anilines is 1. The van der Waals surface area contributed by atoms with Gasteiger partial charge in [-0.15, -0.1) is 5.10 Å². The summed E-state index contributed by atoms with van der Waals surface area (Å²) < 4.78 is 9.21. The molecule has 4 heterocycles. The first-order valence-electron chi connectivity index (χ1n) is 8.89. The summed E-state index contributed by atoms with van der Waals surface area (Å²) in [6.45, 7) is 1.61. The van der Waals surface area contributed by atoms with Gasteiger partial charge in [-0.25, -0.2) is 9.50 Å². The van der Waals surface area contributed by atoms with Crippen LogP contribution < -0.4 is 5.32 Å². The lowest BCUT2D eigenvalue weighted by Crippen LogP contribution is -2.28. The second-order valence-electron chi connectivity index (χ2n) is 6.70. The molecule has 1 aromatic carbocycles. The van der Waals surface area contributed by atoms with Gasteiger partial charge in [0, 0.05) is 37.3 Å². The molecule has 5 rings (SSSR count). The molecule has 0 unspecified atom stereocenters. The summed E-state index contributed by atoms with van der Waals surface area (Å²) in [6, 6.07) is 10.7. The van der Waals surface area contributed by atoms with Gasteiger partial charge in [-0.3, -0.25) is 4.68 Å². The van der Waals surface area contributed by atoms with Crippen LogP contribution in [0.5, 0.6) is 0 Å². The molecule has 0 saturated carbocycles. The van der Waals surface area contributed by atoms with Gasteiger partial charge in [-0.05, 0) is 37.1 Å². The number of benzene rings is 1. The van der Waals surface area contributed by atoms with E-state index in [1.807, 2.05) is 40.8 Å². The van der Waals surface area contributed by atoms with E-state index in [2.05, 4.69) is 33.6 Å². The third-order valence-corrected chi connectivity index (χ3v) is 4.98. The monoisotopic (exact) mass is 348 g/mol. The van der Waals surface area contributed by atoms with Crippen LogP contribution in [-0.2, 0) is 11.8 Å². The van der Waals surface area contributed by atoms with E-state index < -0.39 is 0 Å². The molecular formula is C19H20N6O. The fourth-order valence-corrected chi connectivity index (χ4v) is 3.52. The largest absolute Gasteiger partial charge is 0.381 e. The summed E-state index contributed by atoms with van der Waals surface area (Å²) in [7, 11) is 1.95. The van der Waals surface area contributed by atoms with Gasteiger partial charge in [0.1, 0.15) is 5.82 Å². The number of aryl methyl sites for hydroxylation is 1. The zero-order valence-electron chi connectivity index (χ0n) is 14.6. The molecule has 1 fully saturated rings. The molecule has 4 aromatic rings. The third kappa shape index (κ3) is 2.61. The van der Waals surface area contributed by atoms with E-state index >= 15 is 0 Å². The first-order chi connectivity index (χ1) is 12.8. The van der Waals surface area contributed by atoms with Crippen molar-refractivity contribution in [1.29, 1.82) is 0 Å². The summed E-state index contributed by atoms with van der Waals surface area (Å²) in [6.07, 6.45) is 5.77. The number of imidazole rings is 1. The van der Waals surface area contributed by atoms with Crippen molar-refractivity contribution in [1.82, 2.24) is 24.4 Å². The second kappa shape index (κ2) is 6.10. The Morgan fingerprint density at radius 2 is 2.00 bits per heavy atom. The molecule has 0 aliphatic carbocycles. The van der Waals surface area contributed by atoms with E-state index in [0.29, 0.717) is 6.04 Å². The maximum Gasteiger partial charge on any atom is 0.154 e. The molecule has 0 bridgehead atoms. The molecular weight excluding hydrogens is 328 g/mol. The number of hydrogen-bond acceptors (Lipinski definition) is 5. The number of ether oxygens (including phenoxy) is 1. The van der Waals surface area contributed by atoms with Gasteiger partial charge in [0.15, 0.2) is 5.65 Å². The molecule has 0 radical (unpaired) electrons. The summed E-state index contributed by atoms with van der Waals surface area (Å²) >= 11 is 0. The molecule has 0 atom stereocenters. The fraction of sp³-hybridized carbons (Fsp3) is 0.316. The molecule has 0 spiro atoms. The van der Waals surface area contributed by atoms with Crippen LogP contribution in [0.3, 0.4) is 0 Å². The number of aromatic nitrogens is 5. The van der Waals surface area contributed by atoms with E-state index in [0.717, 1.165) is 59.7 Å². The van der Waals surface area contributed by atoms with Crippen LogP contribution in [0, 0.1) is 0 Å². The Balaban J connectivity index is 1.53. The topological polar surface area (TPSA) is 69.3 Å². The number of nitrogens with one attached hydrogen (secondary N) is 1. The highest BCUT2D eigenvalue weighted by atomic mass is 16.5. The average molecular weight is 348 g/mol. The van der Waals surface area contributed by atoms with Crippen molar-refractivity contribution in [3.05, 3.63) is 42.7 Å². The Bertz CT molecular complexity index is 1080. The van der Waals surface area contributed by atoms with Crippen LogP contribution in [-0.4, -0.2) is 43.6 Å². The first kappa shape index (κ1) is 15.3. The zero-order valence-corrected chi connectivity index (χ0v) is 14.6. The Hall–Kier alpha value is -2.93. The third-order valence-electron chi connectivity index (χ3n) is 4.98. The predicted octanol–water partition coefficient (Wildman–Crippen LogP) is 2.87. The van der Waals surface area contributed by atoms with Gasteiger partial charge >= 0.3 is 0 Å². The Morgan fingerprint density at radius 3 is 2.88 bits per heavy atom. The summed E-state index contributed by atoms with van der Waals surface area (Å²) in [5.74, 6) is 0.867. The van der Waals surface area contributed by atoms with Crippen molar-refractivity contribution in [3.8, 4) is 11.3 Å².